The topological polar surface area (TPSA) is 63.4 Å². The van der Waals surface area contributed by atoms with Gasteiger partial charge in [-0.25, -0.2) is 9.50 Å². The van der Waals surface area contributed by atoms with Crippen molar-refractivity contribution in [1.82, 2.24) is 19.6 Å². The Morgan fingerprint density at radius 1 is 0.964 bits per heavy atom. The smallest absolute Gasteiger partial charge is 0.258 e. The second-order valence-corrected chi connectivity index (χ2v) is 6.88. The van der Waals surface area contributed by atoms with E-state index >= 15 is 0 Å². The van der Waals surface area contributed by atoms with Gasteiger partial charge in [0.15, 0.2) is 5.82 Å². The number of benzene rings is 2. The van der Waals surface area contributed by atoms with Gasteiger partial charge in [-0.2, -0.15) is 4.98 Å². The summed E-state index contributed by atoms with van der Waals surface area (Å²) in [5.74, 6) is 1.00. The maximum Gasteiger partial charge on any atom is 0.258 e. The van der Waals surface area contributed by atoms with Gasteiger partial charge in [-0.1, -0.05) is 30.3 Å². The summed E-state index contributed by atoms with van der Waals surface area (Å²) < 4.78 is 1.71. The van der Waals surface area contributed by atoms with Crippen LogP contribution in [0.25, 0.3) is 5.78 Å². The van der Waals surface area contributed by atoms with E-state index in [0.29, 0.717) is 17.2 Å². The first kappa shape index (κ1) is 17.9. The average molecular weight is 371 g/mol. The zero-order valence-corrected chi connectivity index (χ0v) is 16.1. The van der Waals surface area contributed by atoms with E-state index in [0.717, 1.165) is 22.6 Å². The molecule has 140 valence electrons. The number of amides is 1. The molecule has 6 heteroatoms. The molecule has 0 fully saturated rings. The van der Waals surface area contributed by atoms with Crippen LogP contribution < -0.4 is 4.90 Å². The van der Waals surface area contributed by atoms with Crippen LogP contribution in [0.15, 0.2) is 60.7 Å². The fraction of sp³-hybridized carbons (Fsp3) is 0.182. The first-order chi connectivity index (χ1) is 13.5. The van der Waals surface area contributed by atoms with Gasteiger partial charge in [0.25, 0.3) is 11.7 Å². The van der Waals surface area contributed by atoms with Crippen LogP contribution in [0.1, 0.15) is 33.1 Å². The van der Waals surface area contributed by atoms with Crippen LogP contribution in [0, 0.1) is 20.8 Å². The van der Waals surface area contributed by atoms with Crippen molar-refractivity contribution in [2.45, 2.75) is 27.3 Å². The number of aryl methyl sites for hydroxylation is 3. The van der Waals surface area contributed by atoms with E-state index in [4.69, 9.17) is 0 Å². The van der Waals surface area contributed by atoms with E-state index in [9.17, 15) is 4.79 Å². The average Bonchev–Trinajstić information content (AvgIpc) is 3.09. The maximum atomic E-state index is 13.2. The molecular formula is C22H21N5O. The first-order valence-corrected chi connectivity index (χ1v) is 9.15. The van der Waals surface area contributed by atoms with Crippen molar-refractivity contribution >= 4 is 17.4 Å². The molecule has 0 spiro atoms. The van der Waals surface area contributed by atoms with E-state index in [1.54, 1.807) is 9.42 Å². The molecule has 0 aliphatic heterocycles. The van der Waals surface area contributed by atoms with Crippen molar-refractivity contribution in [2.75, 3.05) is 4.90 Å². The van der Waals surface area contributed by atoms with Gasteiger partial charge in [-0.3, -0.25) is 4.79 Å². The van der Waals surface area contributed by atoms with Gasteiger partial charge in [0.1, 0.15) is 0 Å². The van der Waals surface area contributed by atoms with Crippen LogP contribution in [0.5, 0.6) is 0 Å². The van der Waals surface area contributed by atoms with Crippen molar-refractivity contribution in [3.8, 4) is 0 Å². The highest BCUT2D eigenvalue weighted by molar-refractivity contribution is 6.05. The van der Waals surface area contributed by atoms with E-state index in [1.807, 2.05) is 81.4 Å². The molecule has 0 atom stereocenters. The quantitative estimate of drug-likeness (QED) is 0.546. The van der Waals surface area contributed by atoms with E-state index in [1.165, 1.54) is 0 Å². The fourth-order valence-electron chi connectivity index (χ4n) is 3.23. The summed E-state index contributed by atoms with van der Waals surface area (Å²) in [6, 6.07) is 19.1. The lowest BCUT2D eigenvalue weighted by atomic mass is 10.1. The summed E-state index contributed by atoms with van der Waals surface area (Å²) in [5.41, 5.74) is 4.36. The summed E-state index contributed by atoms with van der Waals surface area (Å²) >= 11 is 0. The Balaban J connectivity index is 1.75. The Morgan fingerprint density at radius 2 is 1.75 bits per heavy atom. The molecule has 6 nitrogen and oxygen atoms in total. The van der Waals surface area contributed by atoms with Gasteiger partial charge in [-0.05, 0) is 56.7 Å². The van der Waals surface area contributed by atoms with E-state index in [-0.39, 0.29) is 12.5 Å². The van der Waals surface area contributed by atoms with Crippen LogP contribution in [-0.4, -0.2) is 25.5 Å². The number of hydrogen-bond acceptors (Lipinski definition) is 4. The number of carbonyl (C=O) groups excluding carboxylic acids is 1. The van der Waals surface area contributed by atoms with Gasteiger partial charge in [0, 0.05) is 22.6 Å². The van der Waals surface area contributed by atoms with Crippen LogP contribution in [0.3, 0.4) is 0 Å². The second-order valence-electron chi connectivity index (χ2n) is 6.88. The molecule has 28 heavy (non-hydrogen) atoms. The Hall–Kier alpha value is -3.54. The van der Waals surface area contributed by atoms with Crippen molar-refractivity contribution in [2.24, 2.45) is 0 Å². The third-order valence-electron chi connectivity index (χ3n) is 4.54. The molecule has 0 radical (unpaired) electrons. The molecule has 0 aliphatic carbocycles. The number of fused-ring (bicyclic) bond motifs is 1. The molecule has 0 aliphatic rings. The third-order valence-corrected chi connectivity index (χ3v) is 4.54. The van der Waals surface area contributed by atoms with Gasteiger partial charge >= 0.3 is 0 Å². The monoisotopic (exact) mass is 371 g/mol. The molecule has 1 amide bonds. The molecular weight excluding hydrogens is 350 g/mol. The number of anilines is 1. The molecule has 0 unspecified atom stereocenters. The Morgan fingerprint density at radius 3 is 2.50 bits per heavy atom. The number of nitrogens with zero attached hydrogens (tertiary/aromatic N) is 5. The highest BCUT2D eigenvalue weighted by Crippen LogP contribution is 2.21. The van der Waals surface area contributed by atoms with Crippen LogP contribution in [-0.2, 0) is 6.54 Å². The zero-order chi connectivity index (χ0) is 19.7. The molecule has 0 bridgehead atoms. The van der Waals surface area contributed by atoms with Crippen LogP contribution in [0.2, 0.25) is 0 Å². The second kappa shape index (κ2) is 7.23. The normalized spacial score (nSPS) is 11.0. The Kier molecular flexibility index (Phi) is 4.61. The van der Waals surface area contributed by atoms with Gasteiger partial charge in [-0.15, -0.1) is 5.10 Å². The molecule has 4 rings (SSSR count). The summed E-state index contributed by atoms with van der Waals surface area (Å²) in [6.45, 7) is 6.17. The highest BCUT2D eigenvalue weighted by Gasteiger charge is 2.21. The van der Waals surface area contributed by atoms with Gasteiger partial charge < -0.3 is 4.90 Å². The number of hydrogen-bond donors (Lipinski definition) is 0. The van der Waals surface area contributed by atoms with Gasteiger partial charge in [0.2, 0.25) is 0 Å². The van der Waals surface area contributed by atoms with Crippen LogP contribution in [0.4, 0.5) is 5.69 Å². The molecule has 0 N–H and O–H groups in total. The van der Waals surface area contributed by atoms with Crippen molar-refractivity contribution in [3.63, 3.8) is 0 Å². The van der Waals surface area contributed by atoms with Crippen molar-refractivity contribution in [1.29, 1.82) is 0 Å². The summed E-state index contributed by atoms with van der Waals surface area (Å²) in [4.78, 5) is 23.9. The molecule has 0 saturated heterocycles. The maximum absolute atomic E-state index is 13.2. The Bertz CT molecular complexity index is 1150. The van der Waals surface area contributed by atoms with Gasteiger partial charge in [0.05, 0.1) is 6.54 Å². The zero-order valence-electron chi connectivity index (χ0n) is 16.1. The minimum absolute atomic E-state index is 0.0917. The molecule has 2 aromatic heterocycles. The number of aromatic nitrogens is 4. The Labute approximate surface area is 163 Å². The standard InChI is InChI=1S/C22H21N5O/c1-15-8-7-11-19(12-15)26(21(28)18-9-5-4-6-10-18)14-20-24-22-23-16(2)13-17(3)27(22)25-20/h4-13H,14H2,1-3H3. The van der Waals surface area contributed by atoms with Crippen molar-refractivity contribution < 1.29 is 4.79 Å². The molecule has 2 aromatic carbocycles. The van der Waals surface area contributed by atoms with Crippen molar-refractivity contribution in [3.05, 3.63) is 89.0 Å². The minimum atomic E-state index is -0.0917. The van der Waals surface area contributed by atoms with E-state index < -0.39 is 0 Å². The fourth-order valence-corrected chi connectivity index (χ4v) is 3.23. The summed E-state index contributed by atoms with van der Waals surface area (Å²) in [6.07, 6.45) is 0. The lowest BCUT2D eigenvalue weighted by Crippen LogP contribution is -2.31. The third kappa shape index (κ3) is 3.49. The predicted octanol–water partition coefficient (Wildman–Crippen LogP) is 3.90. The molecule has 4 aromatic rings. The molecule has 2 heterocycles. The summed E-state index contributed by atoms with van der Waals surface area (Å²) in [7, 11) is 0. The number of carbonyl (C=O) groups is 1. The highest BCUT2D eigenvalue weighted by atomic mass is 16.2. The number of rotatable bonds is 4. The van der Waals surface area contributed by atoms with Crippen LogP contribution >= 0.6 is 0 Å². The lowest BCUT2D eigenvalue weighted by molar-refractivity contribution is 0.0984. The van der Waals surface area contributed by atoms with E-state index in [2.05, 4.69) is 15.1 Å². The minimum Gasteiger partial charge on any atom is -0.301 e. The molecule has 0 saturated carbocycles. The summed E-state index contributed by atoms with van der Waals surface area (Å²) in [5, 5.41) is 4.57. The SMILES string of the molecule is Cc1cccc(N(Cc2nc3nc(C)cc(C)n3n2)C(=O)c2ccccc2)c1. The first-order valence-electron chi connectivity index (χ1n) is 9.15. The largest absolute Gasteiger partial charge is 0.301 e. The predicted molar refractivity (Wildman–Crippen MR) is 108 cm³/mol. The lowest BCUT2D eigenvalue weighted by Gasteiger charge is -2.22.